The van der Waals surface area contributed by atoms with Crippen LogP contribution in [0.2, 0.25) is 0 Å². The molecule has 0 spiro atoms. The SMILES string of the molecule is CN1CCc2nc(NC(=O)NCCN3C(=O)c4ccccc4C3=O)sc2C1. The number of amides is 4. The summed E-state index contributed by atoms with van der Waals surface area (Å²) in [5, 5.41) is 5.97. The highest BCUT2D eigenvalue weighted by Crippen LogP contribution is 2.27. The highest BCUT2D eigenvalue weighted by atomic mass is 32.1. The summed E-state index contributed by atoms with van der Waals surface area (Å²) in [4.78, 5) is 45.6. The van der Waals surface area contributed by atoms with Gasteiger partial charge in [0.2, 0.25) is 0 Å². The number of rotatable bonds is 4. The summed E-state index contributed by atoms with van der Waals surface area (Å²) in [5.74, 6) is -0.649. The number of nitrogens with one attached hydrogen (secondary N) is 2. The molecule has 0 saturated carbocycles. The summed E-state index contributed by atoms with van der Waals surface area (Å²) >= 11 is 1.48. The number of benzene rings is 1. The molecule has 9 heteroatoms. The van der Waals surface area contributed by atoms with Crippen molar-refractivity contribution in [3.63, 3.8) is 0 Å². The van der Waals surface area contributed by atoms with E-state index < -0.39 is 6.03 Å². The first-order chi connectivity index (χ1) is 13.0. The highest BCUT2D eigenvalue weighted by Gasteiger charge is 2.34. The van der Waals surface area contributed by atoms with E-state index in [-0.39, 0.29) is 24.9 Å². The van der Waals surface area contributed by atoms with Crippen molar-refractivity contribution in [2.45, 2.75) is 13.0 Å². The first-order valence-corrected chi connectivity index (χ1v) is 9.52. The van der Waals surface area contributed by atoms with Gasteiger partial charge < -0.3 is 10.2 Å². The molecule has 1 aromatic heterocycles. The Bertz CT molecular complexity index is 890. The van der Waals surface area contributed by atoms with Crippen LogP contribution in [0.25, 0.3) is 0 Å². The highest BCUT2D eigenvalue weighted by molar-refractivity contribution is 7.15. The van der Waals surface area contributed by atoms with E-state index in [2.05, 4.69) is 27.6 Å². The van der Waals surface area contributed by atoms with Crippen LogP contribution in [0, 0.1) is 0 Å². The molecule has 0 saturated heterocycles. The molecule has 8 nitrogen and oxygen atoms in total. The van der Waals surface area contributed by atoms with Crippen molar-refractivity contribution in [1.29, 1.82) is 0 Å². The van der Waals surface area contributed by atoms with Crippen LogP contribution in [0.4, 0.5) is 9.93 Å². The molecule has 27 heavy (non-hydrogen) atoms. The van der Waals surface area contributed by atoms with Crippen LogP contribution in [0.3, 0.4) is 0 Å². The van der Waals surface area contributed by atoms with E-state index in [4.69, 9.17) is 0 Å². The van der Waals surface area contributed by atoms with Crippen molar-refractivity contribution in [2.24, 2.45) is 0 Å². The molecule has 140 valence electrons. The molecule has 0 radical (unpaired) electrons. The standard InChI is InChI=1S/C18H19N5O3S/c1-22-8-6-13-14(10-22)27-18(20-13)21-17(26)19-7-9-23-15(24)11-4-2-3-5-12(11)16(23)25/h2-5H,6-10H2,1H3,(H2,19,20,21,26). The molecule has 0 fully saturated rings. The van der Waals surface area contributed by atoms with Crippen molar-refractivity contribution in [1.82, 2.24) is 20.1 Å². The number of carbonyl (C=O) groups excluding carboxylic acids is 3. The number of imide groups is 1. The largest absolute Gasteiger partial charge is 0.336 e. The Morgan fingerprint density at radius 2 is 1.93 bits per heavy atom. The third-order valence-electron chi connectivity index (χ3n) is 4.64. The van der Waals surface area contributed by atoms with Gasteiger partial charge in [0.25, 0.3) is 11.8 Å². The molecule has 0 atom stereocenters. The lowest BCUT2D eigenvalue weighted by molar-refractivity contribution is 0.0656. The molecular weight excluding hydrogens is 366 g/mol. The Hall–Kier alpha value is -2.78. The Balaban J connectivity index is 1.29. The first kappa shape index (κ1) is 17.6. The number of urea groups is 1. The van der Waals surface area contributed by atoms with E-state index in [0.717, 1.165) is 30.1 Å². The van der Waals surface area contributed by atoms with Crippen molar-refractivity contribution >= 4 is 34.3 Å². The minimum atomic E-state index is -0.397. The molecule has 2 N–H and O–H groups in total. The summed E-state index contributed by atoms with van der Waals surface area (Å²) in [6.07, 6.45) is 0.880. The van der Waals surface area contributed by atoms with E-state index in [0.29, 0.717) is 16.3 Å². The topological polar surface area (TPSA) is 94.6 Å². The molecule has 0 bridgehead atoms. The van der Waals surface area contributed by atoms with Gasteiger partial charge in [-0.15, -0.1) is 11.3 Å². The Morgan fingerprint density at radius 1 is 1.22 bits per heavy atom. The molecule has 4 rings (SSSR count). The second kappa shape index (κ2) is 7.09. The predicted octanol–water partition coefficient (Wildman–Crippen LogP) is 1.55. The van der Waals surface area contributed by atoms with Gasteiger partial charge in [0.05, 0.1) is 16.8 Å². The van der Waals surface area contributed by atoms with Crippen LogP contribution in [0.1, 0.15) is 31.3 Å². The van der Waals surface area contributed by atoms with Crippen molar-refractivity contribution in [3.05, 3.63) is 46.0 Å². The number of thiazole rings is 1. The maximum Gasteiger partial charge on any atom is 0.321 e. The summed E-state index contributed by atoms with van der Waals surface area (Å²) in [7, 11) is 2.06. The normalized spacial score (nSPS) is 16.3. The predicted molar refractivity (Wildman–Crippen MR) is 101 cm³/mol. The van der Waals surface area contributed by atoms with Gasteiger partial charge in [0.15, 0.2) is 5.13 Å². The van der Waals surface area contributed by atoms with E-state index >= 15 is 0 Å². The minimum absolute atomic E-state index is 0.124. The lowest BCUT2D eigenvalue weighted by Gasteiger charge is -2.20. The zero-order valence-electron chi connectivity index (χ0n) is 14.8. The number of hydrogen-bond acceptors (Lipinski definition) is 6. The second-order valence-corrected chi connectivity index (χ2v) is 7.65. The van der Waals surface area contributed by atoms with Crippen LogP contribution in [-0.4, -0.2) is 59.3 Å². The van der Waals surface area contributed by atoms with Crippen LogP contribution in [-0.2, 0) is 13.0 Å². The van der Waals surface area contributed by atoms with Crippen LogP contribution < -0.4 is 10.6 Å². The minimum Gasteiger partial charge on any atom is -0.336 e. The van der Waals surface area contributed by atoms with Gasteiger partial charge in [0.1, 0.15) is 0 Å². The van der Waals surface area contributed by atoms with Gasteiger partial charge in [-0.05, 0) is 19.2 Å². The molecule has 2 aliphatic heterocycles. The summed E-state index contributed by atoms with van der Waals surface area (Å²) < 4.78 is 0. The first-order valence-electron chi connectivity index (χ1n) is 8.70. The molecule has 2 aliphatic rings. The Kier molecular flexibility index (Phi) is 4.63. The number of hydrogen-bond donors (Lipinski definition) is 2. The van der Waals surface area contributed by atoms with Crippen LogP contribution >= 0.6 is 11.3 Å². The van der Waals surface area contributed by atoms with Gasteiger partial charge in [-0.1, -0.05) is 12.1 Å². The number of likely N-dealkylation sites (N-methyl/N-ethyl adjacent to an activating group) is 1. The second-order valence-electron chi connectivity index (χ2n) is 6.57. The molecule has 3 heterocycles. The fourth-order valence-corrected chi connectivity index (χ4v) is 4.32. The van der Waals surface area contributed by atoms with E-state index in [1.807, 2.05) is 0 Å². The third kappa shape index (κ3) is 3.43. The number of aromatic nitrogens is 1. The van der Waals surface area contributed by atoms with E-state index in [1.54, 1.807) is 24.3 Å². The molecule has 0 aliphatic carbocycles. The van der Waals surface area contributed by atoms with Gasteiger partial charge in [-0.2, -0.15) is 0 Å². The van der Waals surface area contributed by atoms with Crippen molar-refractivity contribution in [2.75, 3.05) is 32.0 Å². The zero-order chi connectivity index (χ0) is 19.0. The molecule has 4 amide bonds. The lowest BCUT2D eigenvalue weighted by atomic mass is 10.1. The quantitative estimate of drug-likeness (QED) is 0.779. The maximum absolute atomic E-state index is 12.3. The number of fused-ring (bicyclic) bond motifs is 2. The maximum atomic E-state index is 12.3. The molecule has 0 unspecified atom stereocenters. The molecule has 2 aromatic rings. The average molecular weight is 385 g/mol. The van der Waals surface area contributed by atoms with Gasteiger partial charge in [-0.3, -0.25) is 19.8 Å². The smallest absolute Gasteiger partial charge is 0.321 e. The molecule has 1 aromatic carbocycles. The van der Waals surface area contributed by atoms with E-state index in [9.17, 15) is 14.4 Å². The van der Waals surface area contributed by atoms with Crippen LogP contribution in [0.15, 0.2) is 24.3 Å². The van der Waals surface area contributed by atoms with Gasteiger partial charge in [-0.25, -0.2) is 9.78 Å². The summed E-state index contributed by atoms with van der Waals surface area (Å²) in [5.41, 5.74) is 1.86. The van der Waals surface area contributed by atoms with Crippen molar-refractivity contribution < 1.29 is 14.4 Å². The summed E-state index contributed by atoms with van der Waals surface area (Å²) in [6, 6.07) is 6.33. The van der Waals surface area contributed by atoms with E-state index in [1.165, 1.54) is 16.2 Å². The Labute approximate surface area is 160 Å². The van der Waals surface area contributed by atoms with Crippen molar-refractivity contribution in [3.8, 4) is 0 Å². The monoisotopic (exact) mass is 385 g/mol. The summed E-state index contributed by atoms with van der Waals surface area (Å²) in [6.45, 7) is 2.10. The van der Waals surface area contributed by atoms with Gasteiger partial charge in [0, 0.05) is 37.5 Å². The number of anilines is 1. The van der Waals surface area contributed by atoms with Crippen LogP contribution in [0.5, 0.6) is 0 Å². The molecular formula is C18H19N5O3S. The number of carbonyl (C=O) groups is 3. The Morgan fingerprint density at radius 3 is 2.63 bits per heavy atom. The number of nitrogens with zero attached hydrogens (tertiary/aromatic N) is 3. The fourth-order valence-electron chi connectivity index (χ4n) is 3.24. The van der Waals surface area contributed by atoms with Gasteiger partial charge >= 0.3 is 6.03 Å². The third-order valence-corrected chi connectivity index (χ3v) is 5.64. The zero-order valence-corrected chi connectivity index (χ0v) is 15.6. The lowest BCUT2D eigenvalue weighted by Crippen LogP contribution is -2.39. The fraction of sp³-hybridized carbons (Fsp3) is 0.333. The average Bonchev–Trinajstić information content (AvgIpc) is 3.15.